The number of halogens is 1. The minimum absolute atomic E-state index is 0.0388. The van der Waals surface area contributed by atoms with Crippen molar-refractivity contribution in [2.75, 3.05) is 20.1 Å². The third-order valence-electron chi connectivity index (χ3n) is 5.68. The topological polar surface area (TPSA) is 101 Å². The van der Waals surface area contributed by atoms with E-state index in [0.717, 1.165) is 0 Å². The summed E-state index contributed by atoms with van der Waals surface area (Å²) in [6.07, 6.45) is 1.15. The fourth-order valence-corrected chi connectivity index (χ4v) is 5.37. The molecular weight excluding hydrogens is 442 g/mol. The molecule has 1 fully saturated rings. The average molecular weight is 466 g/mol. The molecule has 31 heavy (non-hydrogen) atoms. The standard InChI is InChI=1S/C21H24ClN3O5S/c1-15(16-5-3-7-19(13-16)25(27)28)23(2)21(26)17-6-4-12-24(14-17)31(29,30)20-10-8-18(22)9-11-20/h3,5,7-11,13,15,17H,4,6,12,14H2,1-2H3. The summed E-state index contributed by atoms with van der Waals surface area (Å²) in [5.74, 6) is -0.669. The van der Waals surface area contributed by atoms with Crippen molar-refractivity contribution in [2.24, 2.45) is 5.92 Å². The van der Waals surface area contributed by atoms with E-state index in [9.17, 15) is 23.3 Å². The minimum atomic E-state index is -3.73. The van der Waals surface area contributed by atoms with E-state index in [2.05, 4.69) is 0 Å². The van der Waals surface area contributed by atoms with Gasteiger partial charge < -0.3 is 4.90 Å². The molecular formula is C21H24ClN3O5S. The van der Waals surface area contributed by atoms with Crippen molar-refractivity contribution in [1.29, 1.82) is 0 Å². The van der Waals surface area contributed by atoms with E-state index in [1.165, 1.54) is 45.6 Å². The third-order valence-corrected chi connectivity index (χ3v) is 7.81. The first-order valence-corrected chi connectivity index (χ1v) is 11.7. The van der Waals surface area contributed by atoms with Crippen LogP contribution in [0.5, 0.6) is 0 Å². The molecule has 2 aromatic rings. The summed E-state index contributed by atoms with van der Waals surface area (Å²) in [7, 11) is -2.09. The molecule has 1 aliphatic rings. The molecule has 0 N–H and O–H groups in total. The fourth-order valence-electron chi connectivity index (χ4n) is 3.72. The molecule has 0 aromatic heterocycles. The fraction of sp³-hybridized carbons (Fsp3) is 0.381. The van der Waals surface area contributed by atoms with Crippen LogP contribution in [0.15, 0.2) is 53.4 Å². The van der Waals surface area contributed by atoms with Gasteiger partial charge >= 0.3 is 0 Å². The molecule has 3 rings (SSSR count). The number of piperidine rings is 1. The van der Waals surface area contributed by atoms with E-state index in [1.807, 2.05) is 0 Å². The Kier molecular flexibility index (Phi) is 6.98. The summed E-state index contributed by atoms with van der Waals surface area (Å²) in [4.78, 5) is 25.4. The van der Waals surface area contributed by atoms with E-state index < -0.39 is 26.9 Å². The number of amides is 1. The van der Waals surface area contributed by atoms with Crippen LogP contribution in [0.2, 0.25) is 5.02 Å². The van der Waals surface area contributed by atoms with Gasteiger partial charge in [0.2, 0.25) is 15.9 Å². The van der Waals surface area contributed by atoms with Crippen molar-refractivity contribution in [3.05, 3.63) is 69.2 Å². The van der Waals surface area contributed by atoms with Gasteiger partial charge in [-0.1, -0.05) is 23.7 Å². The zero-order chi connectivity index (χ0) is 22.8. The summed E-state index contributed by atoms with van der Waals surface area (Å²) < 4.78 is 27.3. The lowest BCUT2D eigenvalue weighted by molar-refractivity contribution is -0.384. The third kappa shape index (κ3) is 5.06. The van der Waals surface area contributed by atoms with Crippen LogP contribution in [0.25, 0.3) is 0 Å². The molecule has 1 saturated heterocycles. The minimum Gasteiger partial charge on any atom is -0.339 e. The summed E-state index contributed by atoms with van der Waals surface area (Å²) in [6, 6.07) is 11.7. The highest BCUT2D eigenvalue weighted by Crippen LogP contribution is 2.29. The highest BCUT2D eigenvalue weighted by molar-refractivity contribution is 7.89. The molecule has 2 atom stereocenters. The number of nitro groups is 1. The van der Waals surface area contributed by atoms with Gasteiger partial charge in [0.25, 0.3) is 5.69 Å². The number of carbonyl (C=O) groups is 1. The summed E-state index contributed by atoms with van der Waals surface area (Å²) in [6.45, 7) is 2.23. The van der Waals surface area contributed by atoms with Crippen molar-refractivity contribution < 1.29 is 18.1 Å². The van der Waals surface area contributed by atoms with Crippen LogP contribution >= 0.6 is 11.6 Å². The van der Waals surface area contributed by atoms with E-state index >= 15 is 0 Å². The molecule has 1 heterocycles. The van der Waals surface area contributed by atoms with Gasteiger partial charge in [-0.2, -0.15) is 4.31 Å². The number of nitro benzene ring substituents is 1. The Morgan fingerprint density at radius 2 is 1.94 bits per heavy atom. The van der Waals surface area contributed by atoms with Gasteiger partial charge in [0.05, 0.1) is 21.8 Å². The molecule has 8 nitrogen and oxygen atoms in total. The van der Waals surface area contributed by atoms with Gasteiger partial charge in [-0.25, -0.2) is 8.42 Å². The molecule has 1 aliphatic heterocycles. The lowest BCUT2D eigenvalue weighted by atomic mass is 9.96. The largest absolute Gasteiger partial charge is 0.339 e. The summed E-state index contributed by atoms with van der Waals surface area (Å²) in [5.41, 5.74) is 0.606. The second-order valence-electron chi connectivity index (χ2n) is 7.63. The van der Waals surface area contributed by atoms with Crippen molar-refractivity contribution in [1.82, 2.24) is 9.21 Å². The molecule has 0 bridgehead atoms. The predicted molar refractivity (Wildman–Crippen MR) is 117 cm³/mol. The SMILES string of the molecule is CC(c1cccc([N+](=O)[O-])c1)N(C)C(=O)C1CCCN(S(=O)(=O)c2ccc(Cl)cc2)C1. The second kappa shape index (κ2) is 9.33. The second-order valence-corrected chi connectivity index (χ2v) is 10.0. The number of carbonyl (C=O) groups excluding carboxylic acids is 1. The van der Waals surface area contributed by atoms with Crippen molar-refractivity contribution in [2.45, 2.75) is 30.7 Å². The Labute approximate surface area is 186 Å². The van der Waals surface area contributed by atoms with Gasteiger partial charge in [-0.15, -0.1) is 0 Å². The molecule has 2 unspecified atom stereocenters. The van der Waals surface area contributed by atoms with Gasteiger partial charge in [0, 0.05) is 37.3 Å². The Bertz CT molecular complexity index is 1070. The molecule has 0 saturated carbocycles. The van der Waals surface area contributed by atoms with Crippen LogP contribution in [0.1, 0.15) is 31.4 Å². The lowest BCUT2D eigenvalue weighted by Crippen LogP contribution is -2.46. The highest BCUT2D eigenvalue weighted by Gasteiger charge is 2.35. The maximum absolute atomic E-state index is 13.1. The maximum atomic E-state index is 13.1. The van der Waals surface area contributed by atoms with Crippen molar-refractivity contribution in [3.63, 3.8) is 0 Å². The molecule has 1 amide bonds. The van der Waals surface area contributed by atoms with Crippen molar-refractivity contribution in [3.8, 4) is 0 Å². The van der Waals surface area contributed by atoms with E-state index in [0.29, 0.717) is 30.0 Å². The number of nitrogens with zero attached hydrogens (tertiary/aromatic N) is 3. The Hall–Kier alpha value is -2.49. The first-order valence-electron chi connectivity index (χ1n) is 9.88. The van der Waals surface area contributed by atoms with Crippen LogP contribution in [0.4, 0.5) is 5.69 Å². The van der Waals surface area contributed by atoms with Crippen LogP contribution in [-0.4, -0.2) is 48.6 Å². The summed E-state index contributed by atoms with van der Waals surface area (Å²) in [5, 5.41) is 11.5. The van der Waals surface area contributed by atoms with Gasteiger partial charge in [0.1, 0.15) is 0 Å². The van der Waals surface area contributed by atoms with Gasteiger partial charge in [0.15, 0.2) is 0 Å². The molecule has 0 spiro atoms. The van der Waals surface area contributed by atoms with Crippen LogP contribution in [0.3, 0.4) is 0 Å². The predicted octanol–water partition coefficient (Wildman–Crippen LogP) is 3.87. The quantitative estimate of drug-likeness (QED) is 0.476. The zero-order valence-corrected chi connectivity index (χ0v) is 18.8. The molecule has 166 valence electrons. The zero-order valence-electron chi connectivity index (χ0n) is 17.3. The molecule has 0 radical (unpaired) electrons. The number of hydrogen-bond acceptors (Lipinski definition) is 5. The number of non-ortho nitro benzene ring substituents is 1. The van der Waals surface area contributed by atoms with Gasteiger partial charge in [-0.05, 0) is 49.6 Å². The first kappa shape index (κ1) is 23.2. The highest BCUT2D eigenvalue weighted by atomic mass is 35.5. The molecule has 10 heteroatoms. The molecule has 0 aliphatic carbocycles. The first-order chi connectivity index (χ1) is 14.6. The van der Waals surface area contributed by atoms with E-state index in [4.69, 9.17) is 11.6 Å². The molecule has 2 aromatic carbocycles. The van der Waals surface area contributed by atoms with Crippen LogP contribution < -0.4 is 0 Å². The number of sulfonamides is 1. The number of hydrogen-bond donors (Lipinski definition) is 0. The smallest absolute Gasteiger partial charge is 0.269 e. The van der Waals surface area contributed by atoms with E-state index in [1.54, 1.807) is 26.1 Å². The summed E-state index contributed by atoms with van der Waals surface area (Å²) >= 11 is 5.86. The van der Waals surface area contributed by atoms with Crippen LogP contribution in [-0.2, 0) is 14.8 Å². The van der Waals surface area contributed by atoms with E-state index in [-0.39, 0.29) is 23.0 Å². The maximum Gasteiger partial charge on any atom is 0.269 e. The van der Waals surface area contributed by atoms with Crippen LogP contribution in [0, 0.1) is 16.0 Å². The number of rotatable bonds is 6. The van der Waals surface area contributed by atoms with Gasteiger partial charge in [-0.3, -0.25) is 14.9 Å². The Balaban J connectivity index is 1.75. The average Bonchev–Trinajstić information content (AvgIpc) is 2.78. The lowest BCUT2D eigenvalue weighted by Gasteiger charge is -2.35. The normalized spacial score (nSPS) is 18.4. The monoisotopic (exact) mass is 465 g/mol. The van der Waals surface area contributed by atoms with Crippen molar-refractivity contribution >= 4 is 33.2 Å². The Morgan fingerprint density at radius 3 is 2.58 bits per heavy atom. The Morgan fingerprint density at radius 1 is 1.26 bits per heavy atom. The number of benzene rings is 2.